The van der Waals surface area contributed by atoms with Gasteiger partial charge in [0.25, 0.3) is 5.69 Å². The topological polar surface area (TPSA) is 55.2 Å². The molecular formula is C15H12F2N2O2. The molecule has 6 heteroatoms. The van der Waals surface area contributed by atoms with Gasteiger partial charge in [-0.1, -0.05) is 12.1 Å². The third kappa shape index (κ3) is 2.44. The molecule has 0 aromatic heterocycles. The molecule has 4 nitrogen and oxygen atoms in total. The molecule has 0 radical (unpaired) electrons. The van der Waals surface area contributed by atoms with E-state index in [0.29, 0.717) is 18.4 Å². The molecule has 0 spiro atoms. The van der Waals surface area contributed by atoms with Gasteiger partial charge in [0.2, 0.25) is 0 Å². The van der Waals surface area contributed by atoms with Crippen molar-refractivity contribution in [3.05, 3.63) is 69.3 Å². The highest BCUT2D eigenvalue weighted by Crippen LogP contribution is 2.37. The zero-order valence-corrected chi connectivity index (χ0v) is 11.0. The summed E-state index contributed by atoms with van der Waals surface area (Å²) in [5.41, 5.74) is 1.36. The van der Waals surface area contributed by atoms with Crippen LogP contribution in [-0.2, 0) is 6.42 Å². The van der Waals surface area contributed by atoms with E-state index in [-0.39, 0.29) is 23.2 Å². The number of rotatable bonds is 3. The Kier molecular flexibility index (Phi) is 3.29. The lowest BCUT2D eigenvalue weighted by molar-refractivity contribution is -0.384. The molecule has 1 aliphatic carbocycles. The van der Waals surface area contributed by atoms with Gasteiger partial charge in [0.05, 0.1) is 17.0 Å². The molecule has 0 amide bonds. The monoisotopic (exact) mass is 290 g/mol. The fourth-order valence-electron chi connectivity index (χ4n) is 2.73. The van der Waals surface area contributed by atoms with Gasteiger partial charge in [-0.2, -0.15) is 0 Å². The minimum Gasteiger partial charge on any atom is -0.373 e. The summed E-state index contributed by atoms with van der Waals surface area (Å²) in [6.07, 6.45) is 1.22. The fourth-order valence-corrected chi connectivity index (χ4v) is 2.73. The Balaban J connectivity index is 1.93. The molecule has 0 fully saturated rings. The highest BCUT2D eigenvalue weighted by molar-refractivity contribution is 5.63. The van der Waals surface area contributed by atoms with Gasteiger partial charge in [-0.15, -0.1) is 0 Å². The normalized spacial score (nSPS) is 16.6. The van der Waals surface area contributed by atoms with E-state index in [2.05, 4.69) is 5.32 Å². The van der Waals surface area contributed by atoms with Crippen LogP contribution >= 0.6 is 0 Å². The highest BCUT2D eigenvalue weighted by atomic mass is 19.1. The first-order chi connectivity index (χ1) is 10.1. The Hall–Kier alpha value is -2.50. The lowest BCUT2D eigenvalue weighted by Gasteiger charge is -2.15. The molecule has 21 heavy (non-hydrogen) atoms. The van der Waals surface area contributed by atoms with Gasteiger partial charge in [-0.25, -0.2) is 8.78 Å². The van der Waals surface area contributed by atoms with E-state index in [9.17, 15) is 18.9 Å². The summed E-state index contributed by atoms with van der Waals surface area (Å²) in [6.45, 7) is 0. The second kappa shape index (κ2) is 5.12. The van der Waals surface area contributed by atoms with Gasteiger partial charge in [0.1, 0.15) is 17.3 Å². The molecule has 0 heterocycles. The van der Waals surface area contributed by atoms with Crippen LogP contribution in [0, 0.1) is 21.7 Å². The number of hydrogen-bond donors (Lipinski definition) is 1. The molecule has 0 saturated carbocycles. The highest BCUT2D eigenvalue weighted by Gasteiger charge is 2.26. The number of halogens is 2. The van der Waals surface area contributed by atoms with Crippen molar-refractivity contribution >= 4 is 11.4 Å². The molecule has 1 unspecified atom stereocenters. The van der Waals surface area contributed by atoms with Gasteiger partial charge >= 0.3 is 0 Å². The Labute approximate surface area is 119 Å². The SMILES string of the molecule is O=[N+]([O-])c1cc(F)ccc1NC1CCc2c(F)cccc21. The van der Waals surface area contributed by atoms with E-state index < -0.39 is 10.7 Å². The van der Waals surface area contributed by atoms with Crippen molar-refractivity contribution in [3.8, 4) is 0 Å². The quantitative estimate of drug-likeness (QED) is 0.687. The smallest absolute Gasteiger partial charge is 0.295 e. The molecule has 2 aromatic carbocycles. The van der Waals surface area contributed by atoms with E-state index in [1.165, 1.54) is 12.1 Å². The Morgan fingerprint density at radius 3 is 2.81 bits per heavy atom. The predicted octanol–water partition coefficient (Wildman–Crippen LogP) is 3.97. The zero-order chi connectivity index (χ0) is 15.0. The summed E-state index contributed by atoms with van der Waals surface area (Å²) in [4.78, 5) is 10.4. The minimum absolute atomic E-state index is 0.208. The average Bonchev–Trinajstić information content (AvgIpc) is 2.85. The zero-order valence-electron chi connectivity index (χ0n) is 11.0. The van der Waals surface area contributed by atoms with Crippen molar-refractivity contribution in [2.75, 3.05) is 5.32 Å². The first-order valence-corrected chi connectivity index (χ1v) is 6.54. The molecule has 3 rings (SSSR count). The van der Waals surface area contributed by atoms with Crippen LogP contribution in [0.4, 0.5) is 20.2 Å². The molecule has 1 atom stereocenters. The molecule has 1 N–H and O–H groups in total. The minimum atomic E-state index is -0.662. The van der Waals surface area contributed by atoms with Crippen LogP contribution in [0.25, 0.3) is 0 Å². The summed E-state index contributed by atoms with van der Waals surface area (Å²) < 4.78 is 26.8. The van der Waals surface area contributed by atoms with Crippen LogP contribution in [0.1, 0.15) is 23.6 Å². The Morgan fingerprint density at radius 1 is 1.24 bits per heavy atom. The lowest BCUT2D eigenvalue weighted by Crippen LogP contribution is -2.09. The Bertz CT molecular complexity index is 719. The summed E-state index contributed by atoms with van der Waals surface area (Å²) in [5.74, 6) is -0.921. The number of nitro benzene ring substituents is 1. The summed E-state index contributed by atoms with van der Waals surface area (Å²) in [5, 5.41) is 14.0. The molecular weight excluding hydrogens is 278 g/mol. The maximum atomic E-state index is 13.7. The fraction of sp³-hybridized carbons (Fsp3) is 0.200. The van der Waals surface area contributed by atoms with E-state index in [1.54, 1.807) is 12.1 Å². The average molecular weight is 290 g/mol. The van der Waals surface area contributed by atoms with Crippen molar-refractivity contribution in [1.29, 1.82) is 0 Å². The number of benzene rings is 2. The largest absolute Gasteiger partial charge is 0.373 e. The first-order valence-electron chi connectivity index (χ1n) is 6.54. The summed E-state index contributed by atoms with van der Waals surface area (Å²) in [6, 6.07) is 8.00. The van der Waals surface area contributed by atoms with E-state index in [1.807, 2.05) is 0 Å². The second-order valence-corrected chi connectivity index (χ2v) is 4.96. The van der Waals surface area contributed by atoms with Crippen LogP contribution < -0.4 is 5.32 Å². The van der Waals surface area contributed by atoms with Crippen LogP contribution in [0.2, 0.25) is 0 Å². The third-order valence-corrected chi connectivity index (χ3v) is 3.70. The molecule has 108 valence electrons. The summed E-state index contributed by atoms with van der Waals surface area (Å²) in [7, 11) is 0. The second-order valence-electron chi connectivity index (χ2n) is 4.96. The summed E-state index contributed by atoms with van der Waals surface area (Å²) >= 11 is 0. The molecule has 0 saturated heterocycles. The number of nitro groups is 1. The van der Waals surface area contributed by atoms with Crippen LogP contribution in [0.3, 0.4) is 0 Å². The van der Waals surface area contributed by atoms with Gasteiger partial charge in [0, 0.05) is 0 Å². The molecule has 2 aromatic rings. The van der Waals surface area contributed by atoms with Crippen molar-refractivity contribution in [2.24, 2.45) is 0 Å². The number of nitrogens with zero attached hydrogens (tertiary/aromatic N) is 1. The number of anilines is 1. The van der Waals surface area contributed by atoms with Gasteiger partial charge < -0.3 is 5.32 Å². The maximum Gasteiger partial charge on any atom is 0.295 e. The maximum absolute atomic E-state index is 13.7. The van der Waals surface area contributed by atoms with Gasteiger partial charge in [-0.05, 0) is 42.2 Å². The van der Waals surface area contributed by atoms with Crippen molar-refractivity contribution < 1.29 is 13.7 Å². The van der Waals surface area contributed by atoms with Crippen LogP contribution in [-0.4, -0.2) is 4.92 Å². The Morgan fingerprint density at radius 2 is 2.05 bits per heavy atom. The number of hydrogen-bond acceptors (Lipinski definition) is 3. The predicted molar refractivity (Wildman–Crippen MR) is 74.1 cm³/mol. The molecule has 0 aliphatic heterocycles. The van der Waals surface area contributed by atoms with E-state index in [0.717, 1.165) is 17.7 Å². The van der Waals surface area contributed by atoms with Crippen molar-refractivity contribution in [2.45, 2.75) is 18.9 Å². The molecule has 1 aliphatic rings. The number of fused-ring (bicyclic) bond motifs is 1. The van der Waals surface area contributed by atoms with Crippen LogP contribution in [0.5, 0.6) is 0 Å². The first kappa shape index (κ1) is 13.5. The number of nitrogens with one attached hydrogen (secondary N) is 1. The molecule has 0 bridgehead atoms. The van der Waals surface area contributed by atoms with E-state index in [4.69, 9.17) is 0 Å². The van der Waals surface area contributed by atoms with Crippen LogP contribution in [0.15, 0.2) is 36.4 Å². The standard InChI is InChI=1S/C15H12F2N2O2/c16-9-4-6-14(15(8-9)19(20)21)18-13-7-5-10-11(13)2-1-3-12(10)17/h1-4,6,8,13,18H,5,7H2. The lowest BCUT2D eigenvalue weighted by atomic mass is 10.1. The third-order valence-electron chi connectivity index (χ3n) is 3.70. The van der Waals surface area contributed by atoms with Gasteiger partial charge in [0.15, 0.2) is 0 Å². The van der Waals surface area contributed by atoms with Crippen molar-refractivity contribution in [3.63, 3.8) is 0 Å². The van der Waals surface area contributed by atoms with Crippen molar-refractivity contribution in [1.82, 2.24) is 0 Å². The van der Waals surface area contributed by atoms with E-state index >= 15 is 0 Å². The van der Waals surface area contributed by atoms with Gasteiger partial charge in [-0.3, -0.25) is 10.1 Å².